The second-order valence-electron chi connectivity index (χ2n) is 7.14. The van der Waals surface area contributed by atoms with Gasteiger partial charge in [0.15, 0.2) is 0 Å². The first-order valence-electron chi connectivity index (χ1n) is 7.82. The topological polar surface area (TPSA) is 44.3 Å². The van der Waals surface area contributed by atoms with Gasteiger partial charge >= 0.3 is 0 Å². The van der Waals surface area contributed by atoms with Crippen LogP contribution in [0.4, 0.5) is 5.82 Å². The Hall–Kier alpha value is -1.20. The molecule has 0 saturated carbocycles. The molecule has 1 saturated heterocycles. The van der Waals surface area contributed by atoms with Gasteiger partial charge in [-0.25, -0.2) is 4.98 Å². The number of hydrogen-bond acceptors (Lipinski definition) is 5. The van der Waals surface area contributed by atoms with Gasteiger partial charge in [0.25, 0.3) is 0 Å². The third kappa shape index (κ3) is 4.93. The molecule has 0 radical (unpaired) electrons. The highest BCUT2D eigenvalue weighted by molar-refractivity contribution is 5.37. The van der Waals surface area contributed by atoms with E-state index in [4.69, 9.17) is 4.98 Å². The standard InChI is InChI=1S/C16H29N5/c1-16(2,3)18-10-13-9-17-11-15(19-13)21(5)14-7-6-8-20(4)12-14/h9,11,14,18H,6-8,10,12H2,1-5H3. The zero-order valence-electron chi connectivity index (χ0n) is 14.1. The summed E-state index contributed by atoms with van der Waals surface area (Å²) in [5, 5.41) is 3.46. The molecule has 2 rings (SSSR count). The lowest BCUT2D eigenvalue weighted by Crippen LogP contribution is -2.45. The van der Waals surface area contributed by atoms with Gasteiger partial charge < -0.3 is 15.1 Å². The van der Waals surface area contributed by atoms with Crippen molar-refractivity contribution in [3.05, 3.63) is 18.1 Å². The Morgan fingerprint density at radius 3 is 2.81 bits per heavy atom. The van der Waals surface area contributed by atoms with Crippen LogP contribution in [-0.4, -0.2) is 53.6 Å². The smallest absolute Gasteiger partial charge is 0.147 e. The number of hydrogen-bond donors (Lipinski definition) is 1. The molecule has 0 bridgehead atoms. The van der Waals surface area contributed by atoms with Crippen LogP contribution < -0.4 is 10.2 Å². The number of nitrogens with zero attached hydrogens (tertiary/aromatic N) is 4. The molecule has 0 aliphatic carbocycles. The Bertz CT molecular complexity index is 454. The van der Waals surface area contributed by atoms with Crippen molar-refractivity contribution in [3.63, 3.8) is 0 Å². The molecule has 1 fully saturated rings. The van der Waals surface area contributed by atoms with E-state index in [1.165, 1.54) is 19.4 Å². The quantitative estimate of drug-likeness (QED) is 0.918. The largest absolute Gasteiger partial charge is 0.354 e. The lowest BCUT2D eigenvalue weighted by Gasteiger charge is -2.36. The average Bonchev–Trinajstić information content (AvgIpc) is 2.44. The summed E-state index contributed by atoms with van der Waals surface area (Å²) in [6, 6.07) is 0.531. The van der Waals surface area contributed by atoms with Crippen molar-refractivity contribution in [2.45, 2.75) is 51.7 Å². The molecule has 21 heavy (non-hydrogen) atoms. The lowest BCUT2D eigenvalue weighted by atomic mass is 10.1. The van der Waals surface area contributed by atoms with Crippen molar-refractivity contribution in [2.24, 2.45) is 0 Å². The minimum atomic E-state index is 0.0929. The molecule has 2 heterocycles. The second kappa shape index (κ2) is 6.71. The van der Waals surface area contributed by atoms with Crippen LogP contribution in [0.15, 0.2) is 12.4 Å². The number of anilines is 1. The zero-order chi connectivity index (χ0) is 15.5. The molecule has 1 aromatic heterocycles. The Labute approximate surface area is 128 Å². The van der Waals surface area contributed by atoms with Gasteiger partial charge in [-0.3, -0.25) is 4.98 Å². The van der Waals surface area contributed by atoms with Gasteiger partial charge in [-0.15, -0.1) is 0 Å². The minimum absolute atomic E-state index is 0.0929. The van der Waals surface area contributed by atoms with Crippen LogP contribution in [0.1, 0.15) is 39.3 Å². The van der Waals surface area contributed by atoms with E-state index in [1.807, 2.05) is 12.4 Å². The van der Waals surface area contributed by atoms with Crippen LogP contribution in [0.3, 0.4) is 0 Å². The summed E-state index contributed by atoms with van der Waals surface area (Å²) in [4.78, 5) is 13.8. The van der Waals surface area contributed by atoms with Crippen molar-refractivity contribution in [3.8, 4) is 0 Å². The molecule has 5 nitrogen and oxygen atoms in total. The predicted molar refractivity (Wildman–Crippen MR) is 87.5 cm³/mol. The maximum Gasteiger partial charge on any atom is 0.147 e. The van der Waals surface area contributed by atoms with Crippen molar-refractivity contribution >= 4 is 5.82 Å². The number of piperidine rings is 1. The number of aromatic nitrogens is 2. The van der Waals surface area contributed by atoms with Crippen LogP contribution in [0.25, 0.3) is 0 Å². The van der Waals surface area contributed by atoms with Gasteiger partial charge in [-0.2, -0.15) is 0 Å². The Morgan fingerprint density at radius 2 is 2.14 bits per heavy atom. The van der Waals surface area contributed by atoms with Gasteiger partial charge in [0.2, 0.25) is 0 Å². The molecule has 0 aromatic carbocycles. The van der Waals surface area contributed by atoms with E-state index in [0.29, 0.717) is 6.04 Å². The van der Waals surface area contributed by atoms with Gasteiger partial charge in [-0.1, -0.05) is 0 Å². The normalized spacial score (nSPS) is 20.5. The molecule has 1 N–H and O–H groups in total. The third-order valence-electron chi connectivity index (χ3n) is 3.98. The summed E-state index contributed by atoms with van der Waals surface area (Å²) >= 11 is 0. The maximum atomic E-state index is 4.76. The average molecular weight is 291 g/mol. The summed E-state index contributed by atoms with van der Waals surface area (Å²) in [5.74, 6) is 0.975. The van der Waals surface area contributed by atoms with Crippen LogP contribution in [-0.2, 0) is 6.54 Å². The molecule has 5 heteroatoms. The highest BCUT2D eigenvalue weighted by atomic mass is 15.2. The summed E-state index contributed by atoms with van der Waals surface area (Å²) in [6.07, 6.45) is 6.20. The van der Waals surface area contributed by atoms with E-state index in [-0.39, 0.29) is 5.54 Å². The predicted octanol–water partition coefficient (Wildman–Crippen LogP) is 1.90. The van der Waals surface area contributed by atoms with E-state index >= 15 is 0 Å². The summed E-state index contributed by atoms with van der Waals surface area (Å²) in [7, 11) is 4.32. The fraction of sp³-hybridized carbons (Fsp3) is 0.750. The second-order valence-corrected chi connectivity index (χ2v) is 7.14. The number of likely N-dealkylation sites (N-methyl/N-ethyl adjacent to an activating group) is 2. The lowest BCUT2D eigenvalue weighted by molar-refractivity contribution is 0.247. The number of rotatable bonds is 4. The molecule has 118 valence electrons. The minimum Gasteiger partial charge on any atom is -0.354 e. The summed E-state index contributed by atoms with van der Waals surface area (Å²) < 4.78 is 0. The van der Waals surface area contributed by atoms with E-state index in [9.17, 15) is 0 Å². The first kappa shape index (κ1) is 16.2. The van der Waals surface area contributed by atoms with Crippen molar-refractivity contribution in [1.29, 1.82) is 0 Å². The summed E-state index contributed by atoms with van der Waals surface area (Å²) in [5.41, 5.74) is 1.09. The monoisotopic (exact) mass is 291 g/mol. The molecule has 0 spiro atoms. The molecule has 0 amide bonds. The highest BCUT2D eigenvalue weighted by Crippen LogP contribution is 2.18. The van der Waals surface area contributed by atoms with Gasteiger partial charge in [0, 0.05) is 37.9 Å². The zero-order valence-corrected chi connectivity index (χ0v) is 14.1. The van der Waals surface area contributed by atoms with Crippen LogP contribution >= 0.6 is 0 Å². The SMILES string of the molecule is CN1CCCC(N(C)c2cncc(CNC(C)(C)C)n2)C1. The van der Waals surface area contributed by atoms with Crippen molar-refractivity contribution in [1.82, 2.24) is 20.2 Å². The molecule has 1 unspecified atom stereocenters. The molecule has 1 aliphatic heterocycles. The fourth-order valence-electron chi connectivity index (χ4n) is 2.65. The van der Waals surface area contributed by atoms with Crippen LogP contribution in [0.5, 0.6) is 0 Å². The van der Waals surface area contributed by atoms with Crippen molar-refractivity contribution in [2.75, 3.05) is 32.1 Å². The molecular formula is C16H29N5. The maximum absolute atomic E-state index is 4.76. The van der Waals surface area contributed by atoms with E-state index in [1.54, 1.807) is 0 Å². The van der Waals surface area contributed by atoms with Gasteiger partial charge in [0.1, 0.15) is 5.82 Å². The van der Waals surface area contributed by atoms with Crippen molar-refractivity contribution < 1.29 is 0 Å². The first-order valence-corrected chi connectivity index (χ1v) is 7.82. The Kier molecular flexibility index (Phi) is 5.17. The number of likely N-dealkylation sites (tertiary alicyclic amines) is 1. The Morgan fingerprint density at radius 1 is 1.38 bits per heavy atom. The van der Waals surface area contributed by atoms with E-state index in [0.717, 1.165) is 24.6 Å². The molecule has 1 aromatic rings. The van der Waals surface area contributed by atoms with Gasteiger partial charge in [0.05, 0.1) is 11.9 Å². The molecular weight excluding hydrogens is 262 g/mol. The van der Waals surface area contributed by atoms with E-state index in [2.05, 4.69) is 55.0 Å². The number of nitrogens with one attached hydrogen (secondary N) is 1. The van der Waals surface area contributed by atoms with E-state index < -0.39 is 0 Å². The van der Waals surface area contributed by atoms with Crippen LogP contribution in [0.2, 0.25) is 0 Å². The first-order chi connectivity index (χ1) is 9.85. The highest BCUT2D eigenvalue weighted by Gasteiger charge is 2.22. The molecule has 1 aliphatic rings. The fourth-order valence-corrected chi connectivity index (χ4v) is 2.65. The van der Waals surface area contributed by atoms with Gasteiger partial charge in [-0.05, 0) is 47.2 Å². The molecule has 1 atom stereocenters. The van der Waals surface area contributed by atoms with Crippen LogP contribution in [0, 0.1) is 0 Å². The Balaban J connectivity index is 2.02. The third-order valence-corrected chi connectivity index (χ3v) is 3.98. The summed E-state index contributed by atoms with van der Waals surface area (Å²) in [6.45, 7) is 9.54.